The molecular formula is C16H21N3. The number of nitrogens with zero attached hydrogens (tertiary/aromatic N) is 2. The Balaban J connectivity index is 1.85. The Morgan fingerprint density at radius 1 is 1.05 bits per heavy atom. The van der Waals surface area contributed by atoms with E-state index in [2.05, 4.69) is 53.3 Å². The summed E-state index contributed by atoms with van der Waals surface area (Å²) in [5.41, 5.74) is 9.51. The quantitative estimate of drug-likeness (QED) is 0.860. The predicted octanol–water partition coefficient (Wildman–Crippen LogP) is 2.21. The lowest BCUT2D eigenvalue weighted by atomic mass is 10.1. The molecule has 0 aliphatic rings. The van der Waals surface area contributed by atoms with E-state index in [1.165, 1.54) is 16.7 Å². The first-order chi connectivity index (χ1) is 9.28. The molecule has 0 aliphatic heterocycles. The predicted molar refractivity (Wildman–Crippen MR) is 78.6 cm³/mol. The summed E-state index contributed by atoms with van der Waals surface area (Å²) in [5, 5.41) is 0. The van der Waals surface area contributed by atoms with Gasteiger partial charge in [0.2, 0.25) is 0 Å². The molecule has 3 heteroatoms. The second-order valence-electron chi connectivity index (χ2n) is 4.87. The van der Waals surface area contributed by atoms with E-state index in [1.807, 2.05) is 12.4 Å². The summed E-state index contributed by atoms with van der Waals surface area (Å²) >= 11 is 0. The summed E-state index contributed by atoms with van der Waals surface area (Å²) in [7, 11) is 2.15. The first kappa shape index (κ1) is 13.7. The van der Waals surface area contributed by atoms with E-state index in [9.17, 15) is 0 Å². The SMILES string of the molecule is CN(CCc1ccncc1)Cc1cccc(CN)c1. The van der Waals surface area contributed by atoms with Crippen molar-refractivity contribution < 1.29 is 0 Å². The molecule has 2 aromatic rings. The van der Waals surface area contributed by atoms with Crippen LogP contribution < -0.4 is 5.73 Å². The van der Waals surface area contributed by atoms with Crippen molar-refractivity contribution in [3.63, 3.8) is 0 Å². The minimum atomic E-state index is 0.606. The molecule has 0 aliphatic carbocycles. The van der Waals surface area contributed by atoms with Crippen molar-refractivity contribution in [2.75, 3.05) is 13.6 Å². The Morgan fingerprint density at radius 3 is 2.53 bits per heavy atom. The van der Waals surface area contributed by atoms with E-state index in [1.54, 1.807) is 0 Å². The van der Waals surface area contributed by atoms with Crippen LogP contribution in [0.3, 0.4) is 0 Å². The van der Waals surface area contributed by atoms with Crippen LogP contribution in [-0.4, -0.2) is 23.5 Å². The zero-order chi connectivity index (χ0) is 13.5. The van der Waals surface area contributed by atoms with E-state index in [-0.39, 0.29) is 0 Å². The van der Waals surface area contributed by atoms with E-state index < -0.39 is 0 Å². The molecule has 0 radical (unpaired) electrons. The van der Waals surface area contributed by atoms with Crippen molar-refractivity contribution in [2.24, 2.45) is 5.73 Å². The van der Waals surface area contributed by atoms with Gasteiger partial charge >= 0.3 is 0 Å². The molecule has 2 rings (SSSR count). The number of hydrogen-bond acceptors (Lipinski definition) is 3. The Morgan fingerprint density at radius 2 is 1.79 bits per heavy atom. The van der Waals surface area contributed by atoms with Gasteiger partial charge in [0, 0.05) is 32.0 Å². The van der Waals surface area contributed by atoms with Gasteiger partial charge in [-0.3, -0.25) is 4.98 Å². The second kappa shape index (κ2) is 7.02. The molecule has 2 N–H and O–H groups in total. The van der Waals surface area contributed by atoms with Crippen molar-refractivity contribution in [2.45, 2.75) is 19.5 Å². The van der Waals surface area contributed by atoms with Crippen molar-refractivity contribution >= 4 is 0 Å². The summed E-state index contributed by atoms with van der Waals surface area (Å²) in [5.74, 6) is 0. The summed E-state index contributed by atoms with van der Waals surface area (Å²) in [4.78, 5) is 6.36. The molecule has 19 heavy (non-hydrogen) atoms. The Bertz CT molecular complexity index is 496. The molecule has 0 unspecified atom stereocenters. The van der Waals surface area contributed by atoms with E-state index >= 15 is 0 Å². The van der Waals surface area contributed by atoms with Crippen molar-refractivity contribution in [1.82, 2.24) is 9.88 Å². The lowest BCUT2D eigenvalue weighted by Gasteiger charge is -2.17. The van der Waals surface area contributed by atoms with E-state index in [4.69, 9.17) is 5.73 Å². The molecule has 0 saturated carbocycles. The van der Waals surface area contributed by atoms with Gasteiger partial charge in [-0.15, -0.1) is 0 Å². The number of nitrogens with two attached hydrogens (primary N) is 1. The molecule has 0 fully saturated rings. The molecule has 0 spiro atoms. The Hall–Kier alpha value is -1.71. The van der Waals surface area contributed by atoms with Gasteiger partial charge in [0.05, 0.1) is 0 Å². The molecule has 1 aromatic heterocycles. The van der Waals surface area contributed by atoms with Gasteiger partial charge in [-0.05, 0) is 42.3 Å². The van der Waals surface area contributed by atoms with E-state index in [0.717, 1.165) is 19.5 Å². The lowest BCUT2D eigenvalue weighted by Crippen LogP contribution is -2.20. The number of hydrogen-bond donors (Lipinski definition) is 1. The van der Waals surface area contributed by atoms with Crippen molar-refractivity contribution in [3.8, 4) is 0 Å². The van der Waals surface area contributed by atoms with Crippen LogP contribution in [0.4, 0.5) is 0 Å². The third-order valence-corrected chi connectivity index (χ3v) is 3.21. The standard InChI is InChI=1S/C16H21N3/c1-19(10-7-14-5-8-18-9-6-14)13-16-4-2-3-15(11-16)12-17/h2-6,8-9,11H,7,10,12-13,17H2,1H3. The molecule has 0 saturated heterocycles. The maximum absolute atomic E-state index is 5.66. The second-order valence-corrected chi connectivity index (χ2v) is 4.87. The van der Waals surface area contributed by atoms with Crippen molar-refractivity contribution in [1.29, 1.82) is 0 Å². The largest absolute Gasteiger partial charge is 0.326 e. The summed E-state index contributed by atoms with van der Waals surface area (Å²) < 4.78 is 0. The van der Waals surface area contributed by atoms with Crippen LogP contribution in [0, 0.1) is 0 Å². The molecule has 100 valence electrons. The fourth-order valence-corrected chi connectivity index (χ4v) is 2.12. The van der Waals surface area contributed by atoms with Crippen LogP contribution in [0.1, 0.15) is 16.7 Å². The maximum Gasteiger partial charge on any atom is 0.0270 e. The molecule has 1 heterocycles. The van der Waals surface area contributed by atoms with E-state index in [0.29, 0.717) is 6.54 Å². The average Bonchev–Trinajstić information content (AvgIpc) is 2.46. The van der Waals surface area contributed by atoms with Crippen LogP contribution in [-0.2, 0) is 19.5 Å². The monoisotopic (exact) mass is 255 g/mol. The highest BCUT2D eigenvalue weighted by Crippen LogP contribution is 2.08. The van der Waals surface area contributed by atoms with Gasteiger partial charge in [-0.25, -0.2) is 0 Å². The topological polar surface area (TPSA) is 42.2 Å². The Kier molecular flexibility index (Phi) is 5.07. The first-order valence-electron chi connectivity index (χ1n) is 6.63. The number of benzene rings is 1. The third kappa shape index (κ3) is 4.47. The molecule has 3 nitrogen and oxygen atoms in total. The molecule has 0 bridgehead atoms. The van der Waals surface area contributed by atoms with Crippen LogP contribution in [0.5, 0.6) is 0 Å². The Labute approximate surface area is 115 Å². The van der Waals surface area contributed by atoms with Gasteiger partial charge in [0.1, 0.15) is 0 Å². The zero-order valence-electron chi connectivity index (χ0n) is 11.4. The van der Waals surface area contributed by atoms with Gasteiger partial charge < -0.3 is 10.6 Å². The zero-order valence-corrected chi connectivity index (χ0v) is 11.4. The highest BCUT2D eigenvalue weighted by molar-refractivity contribution is 5.23. The fourth-order valence-electron chi connectivity index (χ4n) is 2.12. The van der Waals surface area contributed by atoms with Crippen molar-refractivity contribution in [3.05, 3.63) is 65.5 Å². The summed E-state index contributed by atoms with van der Waals surface area (Å²) in [6, 6.07) is 12.6. The normalized spacial score (nSPS) is 10.9. The van der Waals surface area contributed by atoms with Crippen LogP contribution in [0.2, 0.25) is 0 Å². The highest BCUT2D eigenvalue weighted by Gasteiger charge is 2.02. The van der Waals surface area contributed by atoms with Crippen LogP contribution in [0.25, 0.3) is 0 Å². The molecule has 0 amide bonds. The molecule has 1 aromatic carbocycles. The minimum Gasteiger partial charge on any atom is -0.326 e. The number of rotatable bonds is 6. The van der Waals surface area contributed by atoms with Crippen LogP contribution in [0.15, 0.2) is 48.8 Å². The van der Waals surface area contributed by atoms with Crippen LogP contribution >= 0.6 is 0 Å². The van der Waals surface area contributed by atoms with Gasteiger partial charge in [-0.1, -0.05) is 24.3 Å². The fraction of sp³-hybridized carbons (Fsp3) is 0.312. The van der Waals surface area contributed by atoms with Gasteiger partial charge in [0.15, 0.2) is 0 Å². The lowest BCUT2D eigenvalue weighted by molar-refractivity contribution is 0.331. The smallest absolute Gasteiger partial charge is 0.0270 e. The third-order valence-electron chi connectivity index (χ3n) is 3.21. The average molecular weight is 255 g/mol. The van der Waals surface area contributed by atoms with Gasteiger partial charge in [0.25, 0.3) is 0 Å². The highest BCUT2D eigenvalue weighted by atomic mass is 15.1. The minimum absolute atomic E-state index is 0.606. The molecule has 0 atom stereocenters. The molecular weight excluding hydrogens is 234 g/mol. The van der Waals surface area contributed by atoms with Gasteiger partial charge in [-0.2, -0.15) is 0 Å². The number of likely N-dealkylation sites (N-methyl/N-ethyl adjacent to an activating group) is 1. The summed E-state index contributed by atoms with van der Waals surface area (Å²) in [6.45, 7) is 2.60. The number of pyridine rings is 1. The maximum atomic E-state index is 5.66. The summed E-state index contributed by atoms with van der Waals surface area (Å²) in [6.07, 6.45) is 4.75. The number of aromatic nitrogens is 1. The first-order valence-corrected chi connectivity index (χ1v) is 6.63.